The summed E-state index contributed by atoms with van der Waals surface area (Å²) in [6.07, 6.45) is 0. The summed E-state index contributed by atoms with van der Waals surface area (Å²) < 4.78 is 22.4. The first-order chi connectivity index (χ1) is 43.6. The smallest absolute Gasteiger partial charge is 0.167 e. The summed E-state index contributed by atoms with van der Waals surface area (Å²) in [5, 5.41) is 8.34. The van der Waals surface area contributed by atoms with E-state index in [4.69, 9.17) is 43.2 Å². The molecule has 0 saturated carbocycles. The van der Waals surface area contributed by atoms with Crippen LogP contribution in [0.4, 0.5) is 0 Å². The molecule has 0 aliphatic rings. The zero-order valence-electron chi connectivity index (χ0n) is 46.7. The standard InChI is InChI=1S/C78H44N6O3S/c1-3-18-46(19-4-1)51-26-15-37-64-67(51)56-29-13-33-60(70(56)86-64)77-81-74(82-78(84-77)61-34-12-28-54-53-24-8-10-39-66(53)88-72(54)61)50-23-11-22-49(44-50)45-40-42-47(43-41-45)52-27-16-38-65-68(52)57-30-14-32-59(71(57)87-65)76-80-73(48-20-5-2-6-21-48)79-75(83-76)58-31-17-36-63-69(58)55-25-7-9-35-62(55)85-63/h1-44H. The van der Waals surface area contributed by atoms with Gasteiger partial charge < -0.3 is 13.3 Å². The van der Waals surface area contributed by atoms with Gasteiger partial charge in [-0.2, -0.15) is 0 Å². The second-order valence-electron chi connectivity index (χ2n) is 22.0. The van der Waals surface area contributed by atoms with Gasteiger partial charge >= 0.3 is 0 Å². The third kappa shape index (κ3) is 8.07. The summed E-state index contributed by atoms with van der Waals surface area (Å²) in [6, 6.07) is 91.7. The molecule has 9 nitrogen and oxygen atoms in total. The quantitative estimate of drug-likeness (QED) is 0.139. The minimum atomic E-state index is 0.505. The Kier molecular flexibility index (Phi) is 11.3. The van der Waals surface area contributed by atoms with Crippen LogP contribution in [0.2, 0.25) is 0 Å². The number of nitrogens with zero attached hydrogens (tertiary/aromatic N) is 6. The van der Waals surface area contributed by atoms with Gasteiger partial charge in [0.25, 0.3) is 0 Å². The van der Waals surface area contributed by atoms with E-state index in [2.05, 4.69) is 182 Å². The van der Waals surface area contributed by atoms with Crippen LogP contribution in [-0.4, -0.2) is 29.9 Å². The summed E-state index contributed by atoms with van der Waals surface area (Å²) in [7, 11) is 0. The van der Waals surface area contributed by atoms with E-state index in [1.807, 2.05) is 84.9 Å². The lowest BCUT2D eigenvalue weighted by Gasteiger charge is -2.11. The summed E-state index contributed by atoms with van der Waals surface area (Å²) >= 11 is 1.76. The summed E-state index contributed by atoms with van der Waals surface area (Å²) in [5.74, 6) is 3.28. The minimum absolute atomic E-state index is 0.505. The topological polar surface area (TPSA) is 117 Å². The van der Waals surface area contributed by atoms with Crippen LogP contribution in [0.1, 0.15) is 0 Å². The summed E-state index contributed by atoms with van der Waals surface area (Å²) in [6.45, 7) is 0. The Labute approximate surface area is 506 Å². The lowest BCUT2D eigenvalue weighted by atomic mass is 9.96. The van der Waals surface area contributed by atoms with Gasteiger partial charge in [0, 0.05) is 74.7 Å². The van der Waals surface area contributed by atoms with E-state index in [9.17, 15) is 0 Å². The second-order valence-corrected chi connectivity index (χ2v) is 23.0. The molecule has 0 atom stereocenters. The monoisotopic (exact) mass is 1140 g/mol. The average Bonchev–Trinajstić information content (AvgIpc) is 1.80. The maximum absolute atomic E-state index is 6.88. The van der Waals surface area contributed by atoms with E-state index in [0.29, 0.717) is 40.5 Å². The van der Waals surface area contributed by atoms with Gasteiger partial charge in [0.15, 0.2) is 34.9 Å². The van der Waals surface area contributed by atoms with Crippen LogP contribution in [0.25, 0.3) is 188 Å². The number of fused-ring (bicyclic) bond motifs is 12. The molecule has 12 aromatic carbocycles. The van der Waals surface area contributed by atoms with Crippen molar-refractivity contribution in [3.63, 3.8) is 0 Å². The van der Waals surface area contributed by atoms with Crippen LogP contribution in [-0.2, 0) is 0 Å². The van der Waals surface area contributed by atoms with E-state index >= 15 is 0 Å². The maximum Gasteiger partial charge on any atom is 0.167 e. The van der Waals surface area contributed by atoms with Gasteiger partial charge in [-0.05, 0) is 88.0 Å². The van der Waals surface area contributed by atoms with Crippen LogP contribution >= 0.6 is 11.3 Å². The third-order valence-electron chi connectivity index (χ3n) is 16.9. The Morgan fingerprint density at radius 2 is 0.625 bits per heavy atom. The van der Waals surface area contributed by atoms with Gasteiger partial charge in [-0.25, -0.2) is 29.9 Å². The molecule has 0 radical (unpaired) electrons. The Morgan fingerprint density at radius 1 is 0.227 bits per heavy atom. The zero-order valence-corrected chi connectivity index (χ0v) is 47.5. The van der Waals surface area contributed by atoms with E-state index in [1.165, 1.54) is 15.5 Å². The summed E-state index contributed by atoms with van der Waals surface area (Å²) in [5.41, 5.74) is 16.0. The zero-order chi connectivity index (χ0) is 57.8. The van der Waals surface area contributed by atoms with E-state index in [1.54, 1.807) is 11.3 Å². The molecule has 0 fully saturated rings. The minimum Gasteiger partial charge on any atom is -0.456 e. The molecule has 0 aliphatic heterocycles. The van der Waals surface area contributed by atoms with Crippen LogP contribution < -0.4 is 0 Å². The Hall–Kier alpha value is -11.7. The van der Waals surface area contributed by atoms with Crippen molar-refractivity contribution in [1.82, 2.24) is 29.9 Å². The first kappa shape index (κ1) is 49.7. The normalized spacial score (nSPS) is 11.9. The molecular weight excluding hydrogens is 1100 g/mol. The van der Waals surface area contributed by atoms with Crippen molar-refractivity contribution in [2.24, 2.45) is 0 Å². The number of furan rings is 3. The molecule has 0 N–H and O–H groups in total. The fraction of sp³-hybridized carbons (Fsp3) is 0. The second kappa shape index (κ2) is 20.0. The van der Waals surface area contributed by atoms with Gasteiger partial charge in [0.1, 0.15) is 33.5 Å². The molecular formula is C78H44N6O3S. The molecule has 0 amide bonds. The maximum atomic E-state index is 6.88. The van der Waals surface area contributed by atoms with Crippen LogP contribution in [0.5, 0.6) is 0 Å². The molecule has 18 aromatic rings. The Bertz CT molecular complexity index is 5830. The number of rotatable bonds is 9. The van der Waals surface area contributed by atoms with Gasteiger partial charge in [0.2, 0.25) is 0 Å². The number of hydrogen-bond acceptors (Lipinski definition) is 10. The highest BCUT2D eigenvalue weighted by molar-refractivity contribution is 7.26. The third-order valence-corrected chi connectivity index (χ3v) is 18.1. The molecule has 410 valence electrons. The summed E-state index contributed by atoms with van der Waals surface area (Å²) in [4.78, 5) is 31.6. The largest absolute Gasteiger partial charge is 0.456 e. The van der Waals surface area contributed by atoms with Crippen LogP contribution in [0, 0.1) is 0 Å². The van der Waals surface area contributed by atoms with Crippen LogP contribution in [0.3, 0.4) is 0 Å². The number of hydrogen-bond donors (Lipinski definition) is 0. The predicted octanol–water partition coefficient (Wildman–Crippen LogP) is 21.1. The fourth-order valence-electron chi connectivity index (χ4n) is 12.8. The molecule has 0 bridgehead atoms. The average molecular weight is 1150 g/mol. The molecule has 10 heteroatoms. The van der Waals surface area contributed by atoms with Gasteiger partial charge in [-0.15, -0.1) is 11.3 Å². The number of para-hydroxylation sites is 3. The van der Waals surface area contributed by atoms with Crippen molar-refractivity contribution in [1.29, 1.82) is 0 Å². The molecule has 18 rings (SSSR count). The Balaban J connectivity index is 0.735. The lowest BCUT2D eigenvalue weighted by Crippen LogP contribution is -2.00. The molecule has 0 saturated heterocycles. The number of aromatic nitrogens is 6. The van der Waals surface area contributed by atoms with Crippen molar-refractivity contribution >= 4 is 97.3 Å². The Morgan fingerprint density at radius 3 is 1.28 bits per heavy atom. The molecule has 6 aromatic heterocycles. The van der Waals surface area contributed by atoms with Crippen molar-refractivity contribution in [2.45, 2.75) is 0 Å². The van der Waals surface area contributed by atoms with Crippen molar-refractivity contribution in [2.75, 3.05) is 0 Å². The molecule has 0 unspecified atom stereocenters. The molecule has 0 spiro atoms. The lowest BCUT2D eigenvalue weighted by molar-refractivity contribution is 0.668. The van der Waals surface area contributed by atoms with Crippen LogP contribution in [0.15, 0.2) is 280 Å². The first-order valence-electron chi connectivity index (χ1n) is 29.1. The van der Waals surface area contributed by atoms with Crippen molar-refractivity contribution in [3.05, 3.63) is 267 Å². The highest BCUT2D eigenvalue weighted by atomic mass is 32.1. The van der Waals surface area contributed by atoms with Gasteiger partial charge in [0.05, 0.1) is 11.1 Å². The van der Waals surface area contributed by atoms with E-state index < -0.39 is 0 Å². The van der Waals surface area contributed by atoms with E-state index in [-0.39, 0.29) is 0 Å². The van der Waals surface area contributed by atoms with Gasteiger partial charge in [-0.3, -0.25) is 0 Å². The highest BCUT2D eigenvalue weighted by Crippen LogP contribution is 2.45. The molecule has 0 aliphatic carbocycles. The molecule has 88 heavy (non-hydrogen) atoms. The fourth-order valence-corrected chi connectivity index (χ4v) is 14.0. The SMILES string of the molecule is c1ccc(-c2nc(-c3cccc4c3oc3cccc(-c5ccc(-c6cccc(-c7nc(-c8cccc9c8oc8cccc(-c%10ccccc%10)c89)nc(-c8cccc9c8sc8ccccc89)n7)c6)cc5)c34)nc(-c3cccc4oc5ccccc5c34)n2)cc1. The number of thiophene rings is 1. The van der Waals surface area contributed by atoms with Crippen molar-refractivity contribution in [3.8, 4) is 102 Å². The van der Waals surface area contributed by atoms with E-state index in [0.717, 1.165) is 132 Å². The van der Waals surface area contributed by atoms with Gasteiger partial charge in [-0.1, -0.05) is 212 Å². The van der Waals surface area contributed by atoms with Crippen molar-refractivity contribution < 1.29 is 13.3 Å². The molecule has 6 heterocycles. The number of benzene rings is 12. The predicted molar refractivity (Wildman–Crippen MR) is 357 cm³/mol. The highest BCUT2D eigenvalue weighted by Gasteiger charge is 2.24. The first-order valence-corrected chi connectivity index (χ1v) is 30.0.